The SMILES string of the molecule is Cc1cc(C(=O)N(C)CCCCCN)n(C)n1. The molecule has 0 aliphatic heterocycles. The van der Waals surface area contributed by atoms with Gasteiger partial charge in [-0.2, -0.15) is 5.10 Å². The van der Waals surface area contributed by atoms with Gasteiger partial charge in [0.15, 0.2) is 0 Å². The van der Waals surface area contributed by atoms with Crippen LogP contribution in [-0.4, -0.2) is 40.7 Å². The molecular weight excluding hydrogens is 216 g/mol. The molecule has 1 aromatic rings. The molecule has 5 nitrogen and oxygen atoms in total. The van der Waals surface area contributed by atoms with Gasteiger partial charge in [0.2, 0.25) is 0 Å². The highest BCUT2D eigenvalue weighted by atomic mass is 16.2. The molecule has 0 radical (unpaired) electrons. The van der Waals surface area contributed by atoms with Gasteiger partial charge in [-0.25, -0.2) is 0 Å². The van der Waals surface area contributed by atoms with E-state index in [4.69, 9.17) is 5.73 Å². The van der Waals surface area contributed by atoms with E-state index in [1.165, 1.54) is 0 Å². The van der Waals surface area contributed by atoms with E-state index in [9.17, 15) is 4.79 Å². The predicted molar refractivity (Wildman–Crippen MR) is 67.8 cm³/mol. The zero-order valence-electron chi connectivity index (χ0n) is 10.9. The lowest BCUT2D eigenvalue weighted by molar-refractivity contribution is 0.0782. The lowest BCUT2D eigenvalue weighted by atomic mass is 10.2. The number of hydrogen-bond donors (Lipinski definition) is 1. The van der Waals surface area contributed by atoms with Gasteiger partial charge in [0, 0.05) is 20.6 Å². The van der Waals surface area contributed by atoms with Crippen LogP contribution >= 0.6 is 0 Å². The Morgan fingerprint density at radius 1 is 1.47 bits per heavy atom. The molecule has 5 heteroatoms. The number of carbonyl (C=O) groups excluding carboxylic acids is 1. The molecule has 2 N–H and O–H groups in total. The Hall–Kier alpha value is -1.36. The van der Waals surface area contributed by atoms with Crippen molar-refractivity contribution in [2.24, 2.45) is 12.8 Å². The normalized spacial score (nSPS) is 10.6. The maximum Gasteiger partial charge on any atom is 0.271 e. The Morgan fingerprint density at radius 3 is 2.71 bits per heavy atom. The minimum absolute atomic E-state index is 0.0286. The van der Waals surface area contributed by atoms with Crippen LogP contribution in [0.3, 0.4) is 0 Å². The number of amides is 1. The molecule has 1 amide bonds. The lowest BCUT2D eigenvalue weighted by Crippen LogP contribution is -2.29. The maximum absolute atomic E-state index is 12.1. The molecule has 0 spiro atoms. The van der Waals surface area contributed by atoms with Crippen LogP contribution in [0.1, 0.15) is 35.4 Å². The summed E-state index contributed by atoms with van der Waals surface area (Å²) in [5.41, 5.74) is 6.94. The maximum atomic E-state index is 12.1. The second kappa shape index (κ2) is 6.39. The number of hydrogen-bond acceptors (Lipinski definition) is 3. The summed E-state index contributed by atoms with van der Waals surface area (Å²) in [6, 6.07) is 1.82. The van der Waals surface area contributed by atoms with Crippen molar-refractivity contribution in [1.82, 2.24) is 14.7 Å². The van der Waals surface area contributed by atoms with Crippen molar-refractivity contribution in [1.29, 1.82) is 0 Å². The van der Waals surface area contributed by atoms with Crippen LogP contribution in [-0.2, 0) is 7.05 Å². The van der Waals surface area contributed by atoms with E-state index in [2.05, 4.69) is 5.10 Å². The first kappa shape index (κ1) is 13.7. The molecule has 0 saturated heterocycles. The first-order valence-electron chi connectivity index (χ1n) is 6.02. The molecule has 0 aliphatic rings. The van der Waals surface area contributed by atoms with Crippen LogP contribution in [0.25, 0.3) is 0 Å². The molecule has 0 unspecified atom stereocenters. The minimum atomic E-state index is 0.0286. The Bertz CT molecular complexity index is 373. The van der Waals surface area contributed by atoms with Gasteiger partial charge in [0.05, 0.1) is 5.69 Å². The van der Waals surface area contributed by atoms with Crippen LogP contribution in [0, 0.1) is 6.92 Å². The molecule has 0 saturated carbocycles. The fourth-order valence-electron chi connectivity index (χ4n) is 1.78. The van der Waals surface area contributed by atoms with Gasteiger partial charge in [-0.1, -0.05) is 6.42 Å². The molecular formula is C12H22N4O. The molecule has 0 aliphatic carbocycles. The highest BCUT2D eigenvalue weighted by Crippen LogP contribution is 2.06. The van der Waals surface area contributed by atoms with Crippen molar-refractivity contribution in [3.63, 3.8) is 0 Å². The monoisotopic (exact) mass is 238 g/mol. The number of aryl methyl sites for hydroxylation is 2. The third-order valence-corrected chi connectivity index (χ3v) is 2.77. The first-order valence-corrected chi connectivity index (χ1v) is 6.02. The Kier molecular flexibility index (Phi) is 5.15. The van der Waals surface area contributed by atoms with Crippen molar-refractivity contribution < 1.29 is 4.79 Å². The topological polar surface area (TPSA) is 64.2 Å². The van der Waals surface area contributed by atoms with Crippen molar-refractivity contribution in [2.75, 3.05) is 20.1 Å². The van der Waals surface area contributed by atoms with Crippen LogP contribution in [0.2, 0.25) is 0 Å². The van der Waals surface area contributed by atoms with Gasteiger partial charge in [0.1, 0.15) is 5.69 Å². The number of unbranched alkanes of at least 4 members (excludes halogenated alkanes) is 2. The van der Waals surface area contributed by atoms with Crippen molar-refractivity contribution in [2.45, 2.75) is 26.2 Å². The van der Waals surface area contributed by atoms with E-state index in [1.54, 1.807) is 16.6 Å². The molecule has 1 aromatic heterocycles. The lowest BCUT2D eigenvalue weighted by Gasteiger charge is -2.16. The molecule has 0 fully saturated rings. The average Bonchev–Trinajstić information content (AvgIpc) is 2.62. The fraction of sp³-hybridized carbons (Fsp3) is 0.667. The molecule has 1 heterocycles. The quantitative estimate of drug-likeness (QED) is 0.750. The number of nitrogens with zero attached hydrogens (tertiary/aromatic N) is 3. The number of carbonyl (C=O) groups is 1. The Morgan fingerprint density at radius 2 is 2.18 bits per heavy atom. The number of aromatic nitrogens is 2. The van der Waals surface area contributed by atoms with Crippen LogP contribution in [0.5, 0.6) is 0 Å². The van der Waals surface area contributed by atoms with E-state index in [0.717, 1.165) is 38.0 Å². The van der Waals surface area contributed by atoms with E-state index in [-0.39, 0.29) is 5.91 Å². The van der Waals surface area contributed by atoms with Crippen LogP contribution in [0.4, 0.5) is 0 Å². The molecule has 96 valence electrons. The summed E-state index contributed by atoms with van der Waals surface area (Å²) < 4.78 is 1.63. The summed E-state index contributed by atoms with van der Waals surface area (Å²) in [4.78, 5) is 13.8. The molecule has 0 atom stereocenters. The number of nitrogens with two attached hydrogens (primary N) is 1. The van der Waals surface area contributed by atoms with Crippen molar-refractivity contribution in [3.05, 3.63) is 17.5 Å². The Labute approximate surface area is 103 Å². The zero-order valence-corrected chi connectivity index (χ0v) is 10.9. The second-order valence-corrected chi connectivity index (χ2v) is 4.37. The van der Waals surface area contributed by atoms with E-state index < -0.39 is 0 Å². The largest absolute Gasteiger partial charge is 0.340 e. The summed E-state index contributed by atoms with van der Waals surface area (Å²) in [5, 5.41) is 4.18. The fourth-order valence-corrected chi connectivity index (χ4v) is 1.78. The van der Waals surface area contributed by atoms with Gasteiger partial charge >= 0.3 is 0 Å². The average molecular weight is 238 g/mol. The van der Waals surface area contributed by atoms with E-state index in [0.29, 0.717) is 5.69 Å². The molecule has 17 heavy (non-hydrogen) atoms. The van der Waals surface area contributed by atoms with E-state index in [1.807, 2.05) is 20.0 Å². The van der Waals surface area contributed by atoms with Crippen LogP contribution < -0.4 is 5.73 Å². The minimum Gasteiger partial charge on any atom is -0.340 e. The van der Waals surface area contributed by atoms with Gasteiger partial charge in [0.25, 0.3) is 5.91 Å². The summed E-state index contributed by atoms with van der Waals surface area (Å²) in [7, 11) is 3.62. The van der Waals surface area contributed by atoms with E-state index >= 15 is 0 Å². The summed E-state index contributed by atoms with van der Waals surface area (Å²) >= 11 is 0. The standard InChI is InChI=1S/C12H22N4O/c1-10-9-11(16(3)14-10)12(17)15(2)8-6-4-5-7-13/h9H,4-8,13H2,1-3H3. The molecule has 0 bridgehead atoms. The van der Waals surface area contributed by atoms with Gasteiger partial charge in [-0.3, -0.25) is 9.48 Å². The van der Waals surface area contributed by atoms with Crippen LogP contribution in [0.15, 0.2) is 6.07 Å². The first-order chi connectivity index (χ1) is 8.06. The highest BCUT2D eigenvalue weighted by Gasteiger charge is 2.15. The smallest absolute Gasteiger partial charge is 0.271 e. The number of rotatable bonds is 6. The van der Waals surface area contributed by atoms with Gasteiger partial charge < -0.3 is 10.6 Å². The van der Waals surface area contributed by atoms with Crippen molar-refractivity contribution in [3.8, 4) is 0 Å². The van der Waals surface area contributed by atoms with Gasteiger partial charge in [-0.15, -0.1) is 0 Å². The summed E-state index contributed by atoms with van der Waals surface area (Å²) in [6.45, 7) is 3.37. The molecule has 1 rings (SSSR count). The predicted octanol–water partition coefficient (Wildman–Crippen LogP) is 0.930. The summed E-state index contributed by atoms with van der Waals surface area (Å²) in [5.74, 6) is 0.0286. The Balaban J connectivity index is 2.49. The second-order valence-electron chi connectivity index (χ2n) is 4.37. The molecule has 0 aromatic carbocycles. The van der Waals surface area contributed by atoms with Crippen molar-refractivity contribution >= 4 is 5.91 Å². The zero-order chi connectivity index (χ0) is 12.8. The summed E-state index contributed by atoms with van der Waals surface area (Å²) in [6.07, 6.45) is 3.08. The third kappa shape index (κ3) is 3.85. The highest BCUT2D eigenvalue weighted by molar-refractivity contribution is 5.92. The van der Waals surface area contributed by atoms with Gasteiger partial charge in [-0.05, 0) is 32.4 Å². The third-order valence-electron chi connectivity index (χ3n) is 2.77.